The third-order valence-corrected chi connectivity index (χ3v) is 11.5. The molecule has 3 saturated heterocycles. The molecule has 3 aromatic carbocycles. The van der Waals surface area contributed by atoms with E-state index in [1.807, 2.05) is 99.6 Å². The number of esters is 1. The Hall–Kier alpha value is -5.06. The number of carbonyl (C=O) groups excluding carboxylic acids is 4. The van der Waals surface area contributed by atoms with Gasteiger partial charge in [-0.3, -0.25) is 19.2 Å². The second-order valence-corrected chi connectivity index (χ2v) is 14.8. The predicted molar refractivity (Wildman–Crippen MR) is 206 cm³/mol. The van der Waals surface area contributed by atoms with Crippen LogP contribution in [0.5, 0.6) is 0 Å². The van der Waals surface area contributed by atoms with E-state index in [1.165, 1.54) is 4.90 Å². The summed E-state index contributed by atoms with van der Waals surface area (Å²) < 4.78 is 13.2. The molecule has 0 saturated carbocycles. The maximum Gasteiger partial charge on any atom is 0.313 e. The van der Waals surface area contributed by atoms with E-state index in [1.54, 1.807) is 29.0 Å². The van der Waals surface area contributed by atoms with E-state index < -0.39 is 66.3 Å². The maximum atomic E-state index is 15.2. The molecule has 3 aromatic rings. The number of hydrogen-bond donors (Lipinski definition) is 1. The Balaban J connectivity index is 1.41. The van der Waals surface area contributed by atoms with Crippen LogP contribution in [0, 0.1) is 25.7 Å². The molecule has 0 aromatic heterocycles. The molecule has 2 bridgehead atoms. The summed E-state index contributed by atoms with van der Waals surface area (Å²) in [6, 6.07) is 21.6. The number of hydrogen-bond acceptors (Lipinski definition) is 7. The number of rotatable bonds is 15. The van der Waals surface area contributed by atoms with E-state index in [9.17, 15) is 14.7 Å². The highest BCUT2D eigenvalue weighted by Gasteiger charge is 2.76. The van der Waals surface area contributed by atoms with Crippen LogP contribution in [0.3, 0.4) is 0 Å². The van der Waals surface area contributed by atoms with E-state index in [-0.39, 0.29) is 24.8 Å². The first-order valence-corrected chi connectivity index (χ1v) is 18.8. The standard InChI is InChI=1S/C44H51N3O7/c1-7-9-20-36(49)45(6)30(5)39(32-18-14-11-15-19-32)53-43(52)37-35-23-24-44(54-35)38(37)41(50)47(34(27-48)31-16-12-10-13-17-31)40(44)42(51)46(25-8-2)33-26-28(3)21-22-29(33)4/h7-8,10-19,21-22,26,30,34-35,37-40,48H,1-2,9,20,23-25,27H2,3-6H3/t30-,34+,35-,37+,38+,39+,40-,44+/m0/s1. The first-order valence-electron chi connectivity index (χ1n) is 18.8. The van der Waals surface area contributed by atoms with Gasteiger partial charge >= 0.3 is 5.97 Å². The fourth-order valence-electron chi connectivity index (χ4n) is 8.72. The second kappa shape index (κ2) is 16.1. The van der Waals surface area contributed by atoms with Crippen molar-refractivity contribution < 1.29 is 33.8 Å². The number of aryl methyl sites for hydroxylation is 2. The van der Waals surface area contributed by atoms with E-state index in [2.05, 4.69) is 13.2 Å². The zero-order chi connectivity index (χ0) is 38.7. The van der Waals surface area contributed by atoms with Crippen LogP contribution in [0.1, 0.15) is 67.0 Å². The van der Waals surface area contributed by atoms with E-state index in [0.717, 1.165) is 11.1 Å². The molecular weight excluding hydrogens is 682 g/mol. The van der Waals surface area contributed by atoms with Crippen molar-refractivity contribution in [2.24, 2.45) is 11.8 Å². The van der Waals surface area contributed by atoms with E-state index in [0.29, 0.717) is 36.1 Å². The van der Waals surface area contributed by atoms with Crippen molar-refractivity contribution in [1.29, 1.82) is 0 Å². The predicted octanol–water partition coefficient (Wildman–Crippen LogP) is 6.03. The van der Waals surface area contributed by atoms with Crippen molar-refractivity contribution in [3.63, 3.8) is 0 Å². The summed E-state index contributed by atoms with van der Waals surface area (Å²) in [4.78, 5) is 62.8. The van der Waals surface area contributed by atoms with Crippen molar-refractivity contribution >= 4 is 29.4 Å². The number of fused-ring (bicyclic) bond motifs is 1. The number of ether oxygens (including phenoxy) is 2. The number of aliphatic hydroxyl groups is 1. The average molecular weight is 734 g/mol. The summed E-state index contributed by atoms with van der Waals surface area (Å²) in [6.45, 7) is 13.1. The van der Waals surface area contributed by atoms with Gasteiger partial charge in [-0.05, 0) is 68.4 Å². The summed E-state index contributed by atoms with van der Waals surface area (Å²) in [5.41, 5.74) is 2.51. The van der Waals surface area contributed by atoms with Crippen molar-refractivity contribution in [1.82, 2.24) is 9.80 Å². The minimum atomic E-state index is -1.35. The molecule has 10 nitrogen and oxygen atoms in total. The molecule has 3 aliphatic heterocycles. The molecule has 10 heteroatoms. The van der Waals surface area contributed by atoms with Gasteiger partial charge in [0.05, 0.1) is 36.6 Å². The van der Waals surface area contributed by atoms with Gasteiger partial charge in [-0.15, -0.1) is 13.2 Å². The Bertz CT molecular complexity index is 1880. The van der Waals surface area contributed by atoms with Gasteiger partial charge in [0.2, 0.25) is 11.8 Å². The van der Waals surface area contributed by atoms with Crippen LogP contribution in [0.2, 0.25) is 0 Å². The zero-order valence-corrected chi connectivity index (χ0v) is 31.6. The molecule has 3 aliphatic rings. The lowest BCUT2D eigenvalue weighted by molar-refractivity contribution is -0.165. The first-order chi connectivity index (χ1) is 26.0. The summed E-state index contributed by atoms with van der Waals surface area (Å²) in [5.74, 6) is -3.62. The Morgan fingerprint density at radius 2 is 1.69 bits per heavy atom. The summed E-state index contributed by atoms with van der Waals surface area (Å²) >= 11 is 0. The molecule has 0 aliphatic carbocycles. The van der Waals surface area contributed by atoms with Crippen molar-refractivity contribution in [3.05, 3.63) is 126 Å². The largest absolute Gasteiger partial charge is 0.455 e. The van der Waals surface area contributed by atoms with Crippen molar-refractivity contribution in [2.45, 2.75) is 82.4 Å². The molecule has 6 rings (SSSR count). The quantitative estimate of drug-likeness (QED) is 0.150. The SMILES string of the molecule is C=CCCC(=O)N(C)[C@@H](C)[C@@H](OC(=O)[C@@H]1[C@@H]2CC[C@]3(O2)[C@H](C(=O)N(CC=C)c2cc(C)ccc2C)N([C@H](CO)c2ccccc2)C(=O)[C@@H]13)c1ccccc1. The minimum absolute atomic E-state index is 0.117. The van der Waals surface area contributed by atoms with Gasteiger partial charge in [-0.2, -0.15) is 0 Å². The Morgan fingerprint density at radius 1 is 1.02 bits per heavy atom. The van der Waals surface area contributed by atoms with Crippen LogP contribution < -0.4 is 4.90 Å². The van der Waals surface area contributed by atoms with E-state index in [4.69, 9.17) is 9.47 Å². The van der Waals surface area contributed by atoms with Crippen LogP contribution >= 0.6 is 0 Å². The topological polar surface area (TPSA) is 117 Å². The molecule has 284 valence electrons. The van der Waals surface area contributed by atoms with Crippen LogP contribution in [0.4, 0.5) is 5.69 Å². The molecule has 54 heavy (non-hydrogen) atoms. The number of allylic oxidation sites excluding steroid dienone is 1. The highest BCUT2D eigenvalue weighted by Crippen LogP contribution is 2.60. The molecule has 1 N–H and O–H groups in total. The summed E-state index contributed by atoms with van der Waals surface area (Å²) in [5, 5.41) is 11.0. The smallest absolute Gasteiger partial charge is 0.313 e. The lowest BCUT2D eigenvalue weighted by atomic mass is 9.70. The third kappa shape index (κ3) is 6.89. The maximum absolute atomic E-state index is 15.2. The number of carbonyl (C=O) groups is 4. The molecular formula is C44H51N3O7. The molecule has 3 amide bonds. The van der Waals surface area contributed by atoms with Gasteiger partial charge in [-0.1, -0.05) is 84.9 Å². The van der Waals surface area contributed by atoms with Gasteiger partial charge in [0.25, 0.3) is 5.91 Å². The monoisotopic (exact) mass is 733 g/mol. The number of aliphatic hydroxyl groups excluding tert-OH is 1. The van der Waals surface area contributed by atoms with Crippen LogP contribution in [0.25, 0.3) is 0 Å². The van der Waals surface area contributed by atoms with Gasteiger partial charge in [0.1, 0.15) is 17.7 Å². The van der Waals surface area contributed by atoms with E-state index >= 15 is 9.59 Å². The summed E-state index contributed by atoms with van der Waals surface area (Å²) in [7, 11) is 1.69. The molecule has 8 atom stereocenters. The fraction of sp³-hybridized carbons (Fsp3) is 0.409. The fourth-order valence-corrected chi connectivity index (χ4v) is 8.72. The number of amides is 3. The molecule has 0 unspecified atom stereocenters. The number of nitrogens with zero attached hydrogens (tertiary/aromatic N) is 3. The highest BCUT2D eigenvalue weighted by molar-refractivity contribution is 6.05. The lowest BCUT2D eigenvalue weighted by Gasteiger charge is -2.39. The second-order valence-electron chi connectivity index (χ2n) is 14.8. The van der Waals surface area contributed by atoms with Crippen LogP contribution in [0.15, 0.2) is 104 Å². The highest BCUT2D eigenvalue weighted by atomic mass is 16.6. The number of anilines is 1. The normalized spacial score (nSPS) is 24.3. The molecule has 3 fully saturated rings. The number of likely N-dealkylation sites (N-methyl/N-ethyl adjacent to an activating group) is 1. The Kier molecular flexibility index (Phi) is 11.5. The molecule has 3 heterocycles. The van der Waals surface area contributed by atoms with Crippen LogP contribution in [-0.4, -0.2) is 82.6 Å². The van der Waals surface area contributed by atoms with Crippen LogP contribution in [-0.2, 0) is 28.7 Å². The molecule has 1 spiro atoms. The van der Waals surface area contributed by atoms with Crippen molar-refractivity contribution in [3.8, 4) is 0 Å². The van der Waals surface area contributed by atoms with Gasteiger partial charge in [0, 0.05) is 25.7 Å². The first kappa shape index (κ1) is 38.7. The number of benzene rings is 3. The number of likely N-dealkylation sites (tertiary alicyclic amines) is 1. The summed E-state index contributed by atoms with van der Waals surface area (Å²) in [6.07, 6.45) is 3.40. The van der Waals surface area contributed by atoms with Gasteiger partial charge in [-0.25, -0.2) is 0 Å². The average Bonchev–Trinajstić information content (AvgIpc) is 3.83. The van der Waals surface area contributed by atoms with Gasteiger partial charge in [0.15, 0.2) is 0 Å². The van der Waals surface area contributed by atoms with Gasteiger partial charge < -0.3 is 29.3 Å². The Labute approximate surface area is 318 Å². The molecule has 0 radical (unpaired) electrons. The third-order valence-electron chi connectivity index (χ3n) is 11.5. The minimum Gasteiger partial charge on any atom is -0.455 e. The Morgan fingerprint density at radius 3 is 2.31 bits per heavy atom. The van der Waals surface area contributed by atoms with Crippen molar-refractivity contribution in [2.75, 3.05) is 25.1 Å². The zero-order valence-electron chi connectivity index (χ0n) is 31.6. The lowest BCUT2D eigenvalue weighted by Crippen LogP contribution is -2.57.